The summed E-state index contributed by atoms with van der Waals surface area (Å²) in [5.41, 5.74) is 1.76. The SMILES string of the molecule is Cc1cc(C)c(NC(=O)CN(C)Cc2ccccc2C(F)(F)F)c(Cl)c1. The van der Waals surface area contributed by atoms with E-state index in [0.717, 1.165) is 17.2 Å². The van der Waals surface area contributed by atoms with Gasteiger partial charge in [-0.3, -0.25) is 9.69 Å². The van der Waals surface area contributed by atoms with E-state index in [1.807, 2.05) is 19.9 Å². The van der Waals surface area contributed by atoms with E-state index < -0.39 is 11.7 Å². The Kier molecular flexibility index (Phi) is 6.31. The summed E-state index contributed by atoms with van der Waals surface area (Å²) < 4.78 is 39.2. The number of hydrogen-bond donors (Lipinski definition) is 1. The standard InChI is InChI=1S/C19H20ClF3N2O/c1-12-8-13(2)18(16(20)9-12)24-17(26)11-25(3)10-14-6-4-5-7-15(14)19(21,22)23/h4-9H,10-11H2,1-3H3,(H,24,26). The fraction of sp³-hybridized carbons (Fsp3) is 0.316. The lowest BCUT2D eigenvalue weighted by molar-refractivity contribution is -0.138. The van der Waals surface area contributed by atoms with Crippen molar-refractivity contribution < 1.29 is 18.0 Å². The fourth-order valence-electron chi connectivity index (χ4n) is 2.78. The summed E-state index contributed by atoms with van der Waals surface area (Å²) in [5.74, 6) is -0.342. The number of amides is 1. The molecular weight excluding hydrogens is 365 g/mol. The van der Waals surface area contributed by atoms with E-state index >= 15 is 0 Å². The summed E-state index contributed by atoms with van der Waals surface area (Å²) in [6.45, 7) is 3.67. The summed E-state index contributed by atoms with van der Waals surface area (Å²) in [6.07, 6.45) is -4.42. The third-order valence-electron chi connectivity index (χ3n) is 3.87. The van der Waals surface area contributed by atoms with Crippen LogP contribution in [-0.4, -0.2) is 24.4 Å². The molecule has 3 nitrogen and oxygen atoms in total. The van der Waals surface area contributed by atoms with E-state index in [4.69, 9.17) is 11.6 Å². The molecule has 26 heavy (non-hydrogen) atoms. The van der Waals surface area contributed by atoms with E-state index in [1.165, 1.54) is 17.0 Å². The summed E-state index contributed by atoms with van der Waals surface area (Å²) in [7, 11) is 1.59. The fourth-order valence-corrected chi connectivity index (χ4v) is 3.15. The minimum atomic E-state index is -4.42. The minimum Gasteiger partial charge on any atom is -0.323 e. The Bertz CT molecular complexity index is 783. The summed E-state index contributed by atoms with van der Waals surface area (Å²) >= 11 is 6.16. The summed E-state index contributed by atoms with van der Waals surface area (Å²) in [5, 5.41) is 3.16. The third-order valence-corrected chi connectivity index (χ3v) is 4.17. The highest BCUT2D eigenvalue weighted by Gasteiger charge is 2.33. The second-order valence-corrected chi connectivity index (χ2v) is 6.72. The number of benzene rings is 2. The molecular formula is C19H20ClF3N2O. The molecule has 0 aliphatic rings. The normalized spacial score (nSPS) is 11.7. The van der Waals surface area contributed by atoms with Crippen LogP contribution in [0.2, 0.25) is 5.02 Å². The first-order valence-electron chi connectivity index (χ1n) is 7.98. The molecule has 7 heteroatoms. The van der Waals surface area contributed by atoms with Crippen molar-refractivity contribution in [1.29, 1.82) is 0 Å². The highest BCUT2D eigenvalue weighted by Crippen LogP contribution is 2.32. The van der Waals surface area contributed by atoms with Crippen molar-refractivity contribution in [2.45, 2.75) is 26.6 Å². The molecule has 140 valence electrons. The number of carbonyl (C=O) groups excluding carboxylic acids is 1. The lowest BCUT2D eigenvalue weighted by Gasteiger charge is -2.20. The molecule has 2 rings (SSSR count). The molecule has 0 saturated heterocycles. The second-order valence-electron chi connectivity index (χ2n) is 6.31. The minimum absolute atomic E-state index is 0.00369. The molecule has 0 aliphatic carbocycles. The smallest absolute Gasteiger partial charge is 0.323 e. The van der Waals surface area contributed by atoms with Crippen molar-refractivity contribution in [1.82, 2.24) is 4.90 Å². The van der Waals surface area contributed by atoms with E-state index in [0.29, 0.717) is 10.7 Å². The highest BCUT2D eigenvalue weighted by atomic mass is 35.5. The van der Waals surface area contributed by atoms with Crippen LogP contribution in [0.25, 0.3) is 0 Å². The zero-order valence-electron chi connectivity index (χ0n) is 14.7. The van der Waals surface area contributed by atoms with Gasteiger partial charge in [0.1, 0.15) is 0 Å². The number of carbonyl (C=O) groups is 1. The van der Waals surface area contributed by atoms with Gasteiger partial charge in [0.25, 0.3) is 0 Å². The number of hydrogen-bond acceptors (Lipinski definition) is 2. The zero-order valence-corrected chi connectivity index (χ0v) is 15.5. The maximum absolute atomic E-state index is 13.1. The van der Waals surface area contributed by atoms with Crippen LogP contribution in [0.5, 0.6) is 0 Å². The van der Waals surface area contributed by atoms with Crippen LogP contribution in [-0.2, 0) is 17.5 Å². The van der Waals surface area contributed by atoms with Gasteiger partial charge in [-0.05, 0) is 49.7 Å². The second kappa shape index (κ2) is 8.10. The Balaban J connectivity index is 2.05. The van der Waals surface area contributed by atoms with Crippen molar-refractivity contribution in [2.75, 3.05) is 18.9 Å². The van der Waals surface area contributed by atoms with Crippen LogP contribution in [0.15, 0.2) is 36.4 Å². The van der Waals surface area contributed by atoms with E-state index in [9.17, 15) is 18.0 Å². The number of likely N-dealkylation sites (N-methyl/N-ethyl adjacent to an activating group) is 1. The monoisotopic (exact) mass is 384 g/mol. The van der Waals surface area contributed by atoms with E-state index in [-0.39, 0.29) is 24.6 Å². The first kappa shape index (κ1) is 20.3. The van der Waals surface area contributed by atoms with Crippen molar-refractivity contribution in [3.05, 3.63) is 63.7 Å². The Morgan fingerprint density at radius 3 is 2.46 bits per heavy atom. The summed E-state index contributed by atoms with van der Waals surface area (Å²) in [4.78, 5) is 13.8. The van der Waals surface area contributed by atoms with Crippen LogP contribution >= 0.6 is 11.6 Å². The zero-order chi connectivity index (χ0) is 19.5. The van der Waals surface area contributed by atoms with Crippen molar-refractivity contribution in [2.24, 2.45) is 0 Å². The van der Waals surface area contributed by atoms with Crippen molar-refractivity contribution >= 4 is 23.2 Å². The molecule has 2 aromatic carbocycles. The quantitative estimate of drug-likeness (QED) is 0.782. The number of anilines is 1. The van der Waals surface area contributed by atoms with Gasteiger partial charge in [-0.25, -0.2) is 0 Å². The van der Waals surface area contributed by atoms with Crippen LogP contribution < -0.4 is 5.32 Å². The number of rotatable bonds is 5. The van der Waals surface area contributed by atoms with Crippen LogP contribution in [0, 0.1) is 13.8 Å². The van der Waals surface area contributed by atoms with Gasteiger partial charge in [-0.1, -0.05) is 35.9 Å². The molecule has 2 aromatic rings. The Morgan fingerprint density at radius 1 is 1.19 bits per heavy atom. The number of nitrogens with one attached hydrogen (secondary N) is 1. The van der Waals surface area contributed by atoms with E-state index in [1.54, 1.807) is 19.2 Å². The molecule has 0 aromatic heterocycles. The molecule has 0 aliphatic heterocycles. The molecule has 1 N–H and O–H groups in total. The average Bonchev–Trinajstić information content (AvgIpc) is 2.50. The summed E-state index contributed by atoms with van der Waals surface area (Å²) in [6, 6.07) is 8.99. The number of aryl methyl sites for hydroxylation is 2. The topological polar surface area (TPSA) is 32.3 Å². The lowest BCUT2D eigenvalue weighted by Crippen LogP contribution is -2.30. The molecule has 1 amide bonds. The van der Waals surface area contributed by atoms with E-state index in [2.05, 4.69) is 5.32 Å². The third kappa shape index (κ3) is 5.22. The predicted molar refractivity (Wildman–Crippen MR) is 97.3 cm³/mol. The maximum atomic E-state index is 13.1. The van der Waals surface area contributed by atoms with Gasteiger partial charge in [0.2, 0.25) is 5.91 Å². The van der Waals surface area contributed by atoms with Gasteiger partial charge in [-0.2, -0.15) is 13.2 Å². The predicted octanol–water partition coefficient (Wildman–Crippen LogP) is 5.05. The van der Waals surface area contributed by atoms with Crippen molar-refractivity contribution in [3.63, 3.8) is 0 Å². The van der Waals surface area contributed by atoms with Gasteiger partial charge in [0.05, 0.1) is 22.8 Å². The molecule has 0 radical (unpaired) electrons. The average molecular weight is 385 g/mol. The maximum Gasteiger partial charge on any atom is 0.416 e. The molecule has 0 unspecified atom stereocenters. The van der Waals surface area contributed by atoms with Gasteiger partial charge >= 0.3 is 6.18 Å². The number of nitrogens with zero attached hydrogens (tertiary/aromatic N) is 1. The first-order valence-corrected chi connectivity index (χ1v) is 8.36. The van der Waals surface area contributed by atoms with Gasteiger partial charge in [-0.15, -0.1) is 0 Å². The highest BCUT2D eigenvalue weighted by molar-refractivity contribution is 6.34. The molecule has 0 saturated carbocycles. The lowest BCUT2D eigenvalue weighted by atomic mass is 10.1. The molecule has 0 fully saturated rings. The Hall–Kier alpha value is -2.05. The van der Waals surface area contributed by atoms with Crippen LogP contribution in [0.1, 0.15) is 22.3 Å². The van der Waals surface area contributed by atoms with Crippen molar-refractivity contribution in [3.8, 4) is 0 Å². The van der Waals surface area contributed by atoms with Crippen LogP contribution in [0.4, 0.5) is 18.9 Å². The number of alkyl halides is 3. The Morgan fingerprint density at radius 2 is 1.85 bits per heavy atom. The molecule has 0 bridgehead atoms. The van der Waals surface area contributed by atoms with Crippen LogP contribution in [0.3, 0.4) is 0 Å². The molecule has 0 atom stereocenters. The van der Waals surface area contributed by atoms with Gasteiger partial charge in [0.15, 0.2) is 0 Å². The number of halogens is 4. The molecule has 0 heterocycles. The van der Waals surface area contributed by atoms with Gasteiger partial charge in [0, 0.05) is 6.54 Å². The first-order chi connectivity index (χ1) is 12.1. The van der Waals surface area contributed by atoms with Gasteiger partial charge < -0.3 is 5.32 Å². The molecule has 0 spiro atoms. The largest absolute Gasteiger partial charge is 0.416 e. The Labute approximate surface area is 155 Å².